The van der Waals surface area contributed by atoms with Crippen LogP contribution in [0.4, 0.5) is 0 Å². The summed E-state index contributed by atoms with van der Waals surface area (Å²) in [5.74, 6) is -1.41. The van der Waals surface area contributed by atoms with E-state index < -0.39 is 23.6 Å². The number of methoxy groups -OCH3 is 1. The van der Waals surface area contributed by atoms with Gasteiger partial charge in [0.25, 0.3) is 0 Å². The van der Waals surface area contributed by atoms with Crippen molar-refractivity contribution in [1.82, 2.24) is 0 Å². The summed E-state index contributed by atoms with van der Waals surface area (Å²) < 4.78 is 17.6. The number of hydrogen-bond acceptors (Lipinski definition) is 5. The molecule has 0 amide bonds. The van der Waals surface area contributed by atoms with Crippen molar-refractivity contribution in [2.75, 3.05) is 7.11 Å². The van der Waals surface area contributed by atoms with Gasteiger partial charge in [0.05, 0.1) is 0 Å². The molecule has 0 fully saturated rings. The molecule has 0 aromatic heterocycles. The van der Waals surface area contributed by atoms with Crippen LogP contribution in [0.1, 0.15) is 39.4 Å². The van der Waals surface area contributed by atoms with Crippen molar-refractivity contribution in [1.29, 1.82) is 0 Å². The van der Waals surface area contributed by atoms with Crippen LogP contribution in [0.15, 0.2) is 73.0 Å². The molecular formula is C25H30O5Se. The Morgan fingerprint density at radius 1 is 0.968 bits per heavy atom. The standard InChI is InChI=1S/C25H30O5Se/c1-18(31-20-14-10-7-11-15-20)22(24(27)30-25(2,3)4)23(19-12-8-6-9-13-19)29-17-16-21(26)28-5/h6-18,22-23H,1-5H3/b17-16+/t18-,22+,23+/m1/s1. The van der Waals surface area contributed by atoms with Crippen LogP contribution in [-0.4, -0.2) is 39.6 Å². The zero-order valence-electron chi connectivity index (χ0n) is 18.6. The molecule has 0 bridgehead atoms. The van der Waals surface area contributed by atoms with Gasteiger partial charge in [0.1, 0.15) is 0 Å². The summed E-state index contributed by atoms with van der Waals surface area (Å²) in [6.07, 6.45) is 1.88. The maximum atomic E-state index is 13.4. The van der Waals surface area contributed by atoms with Gasteiger partial charge in [0, 0.05) is 0 Å². The number of rotatable bonds is 9. The first-order chi connectivity index (χ1) is 14.7. The molecule has 2 aromatic carbocycles. The third-order valence-electron chi connectivity index (χ3n) is 4.33. The Hall–Kier alpha value is -2.56. The van der Waals surface area contributed by atoms with E-state index in [0.717, 1.165) is 5.56 Å². The van der Waals surface area contributed by atoms with Gasteiger partial charge in [-0.1, -0.05) is 0 Å². The van der Waals surface area contributed by atoms with Crippen molar-refractivity contribution in [2.45, 2.75) is 44.2 Å². The summed E-state index contributed by atoms with van der Waals surface area (Å²) in [5.41, 5.74) is 0.210. The van der Waals surface area contributed by atoms with Crippen molar-refractivity contribution in [2.24, 2.45) is 5.92 Å². The monoisotopic (exact) mass is 490 g/mol. The predicted molar refractivity (Wildman–Crippen MR) is 122 cm³/mol. The van der Waals surface area contributed by atoms with Crippen molar-refractivity contribution in [3.63, 3.8) is 0 Å². The summed E-state index contributed by atoms with van der Waals surface area (Å²) in [4.78, 5) is 24.8. The molecule has 2 aromatic rings. The summed E-state index contributed by atoms with van der Waals surface area (Å²) >= 11 is 0.00524. The van der Waals surface area contributed by atoms with Crippen molar-refractivity contribution < 1.29 is 23.8 Å². The van der Waals surface area contributed by atoms with E-state index in [4.69, 9.17) is 9.47 Å². The number of ether oxygens (including phenoxy) is 3. The van der Waals surface area contributed by atoms with E-state index in [1.54, 1.807) is 0 Å². The molecule has 0 aliphatic heterocycles. The quantitative estimate of drug-likeness (QED) is 0.228. The van der Waals surface area contributed by atoms with Crippen LogP contribution in [0.25, 0.3) is 0 Å². The average molecular weight is 489 g/mol. The second-order valence-corrected chi connectivity index (χ2v) is 11.0. The normalized spacial score (nSPS) is 14.5. The first-order valence-corrected chi connectivity index (χ1v) is 12.0. The molecule has 0 aliphatic carbocycles. The van der Waals surface area contributed by atoms with Gasteiger partial charge in [-0.2, -0.15) is 0 Å². The van der Waals surface area contributed by atoms with Crippen LogP contribution in [-0.2, 0) is 23.8 Å². The van der Waals surface area contributed by atoms with Gasteiger partial charge in [0.15, 0.2) is 0 Å². The molecule has 0 saturated carbocycles. The van der Waals surface area contributed by atoms with Gasteiger partial charge < -0.3 is 0 Å². The minimum atomic E-state index is -0.627. The van der Waals surface area contributed by atoms with E-state index in [2.05, 4.69) is 16.9 Å². The molecule has 0 aliphatic rings. The Balaban J connectivity index is 2.41. The molecular weight excluding hydrogens is 459 g/mol. The molecule has 6 heteroatoms. The predicted octanol–water partition coefficient (Wildman–Crippen LogP) is 4.23. The second kappa shape index (κ2) is 11.7. The molecule has 0 saturated heterocycles. The zero-order chi connectivity index (χ0) is 22.9. The molecule has 0 N–H and O–H groups in total. The average Bonchev–Trinajstić information content (AvgIpc) is 2.72. The summed E-state index contributed by atoms with van der Waals surface area (Å²) in [6, 6.07) is 19.6. The van der Waals surface area contributed by atoms with Crippen molar-refractivity contribution in [3.05, 3.63) is 78.6 Å². The Bertz CT molecular complexity index is 858. The molecule has 31 heavy (non-hydrogen) atoms. The van der Waals surface area contributed by atoms with E-state index in [0.29, 0.717) is 0 Å². The van der Waals surface area contributed by atoms with Gasteiger partial charge in [-0.25, -0.2) is 0 Å². The first-order valence-electron chi connectivity index (χ1n) is 10.1. The third kappa shape index (κ3) is 8.23. The number of carbonyl (C=O) groups is 2. The fourth-order valence-corrected chi connectivity index (χ4v) is 5.38. The van der Waals surface area contributed by atoms with Crippen LogP contribution < -0.4 is 4.46 Å². The molecule has 3 atom stereocenters. The molecule has 0 radical (unpaired) electrons. The second-order valence-electron chi connectivity index (χ2n) is 7.99. The van der Waals surface area contributed by atoms with Gasteiger partial charge in [-0.3, -0.25) is 0 Å². The SMILES string of the molecule is COC(=O)/C=C/O[C@@H](c1ccccc1)[C@@H](C(=O)OC(C)(C)C)[C@@H](C)[Se]c1ccccc1. The molecule has 0 heterocycles. The summed E-state index contributed by atoms with van der Waals surface area (Å²) in [5, 5.41) is 0. The van der Waals surface area contributed by atoms with E-state index in [9.17, 15) is 9.59 Å². The third-order valence-corrected chi connectivity index (χ3v) is 6.87. The molecule has 0 spiro atoms. The van der Waals surface area contributed by atoms with E-state index >= 15 is 0 Å². The number of esters is 2. The molecule has 5 nitrogen and oxygen atoms in total. The van der Waals surface area contributed by atoms with Crippen molar-refractivity contribution >= 4 is 31.4 Å². The Kier molecular flexibility index (Phi) is 9.35. The van der Waals surface area contributed by atoms with Crippen LogP contribution >= 0.6 is 0 Å². The molecule has 0 unspecified atom stereocenters. The fraction of sp³-hybridized carbons (Fsp3) is 0.360. The van der Waals surface area contributed by atoms with Gasteiger partial charge in [-0.05, 0) is 0 Å². The zero-order valence-corrected chi connectivity index (χ0v) is 20.3. The van der Waals surface area contributed by atoms with E-state index in [1.165, 1.54) is 23.9 Å². The Morgan fingerprint density at radius 2 is 1.55 bits per heavy atom. The Labute approximate surface area is 190 Å². The van der Waals surface area contributed by atoms with E-state index in [1.807, 2.05) is 76.2 Å². The van der Waals surface area contributed by atoms with Crippen LogP contribution in [0, 0.1) is 5.92 Å². The van der Waals surface area contributed by atoms with Gasteiger partial charge in [-0.15, -0.1) is 0 Å². The molecule has 2 rings (SSSR count). The van der Waals surface area contributed by atoms with Gasteiger partial charge in [0.2, 0.25) is 0 Å². The Morgan fingerprint density at radius 3 is 2.10 bits per heavy atom. The van der Waals surface area contributed by atoms with E-state index in [-0.39, 0.29) is 25.7 Å². The minimum absolute atomic E-state index is 0.00524. The van der Waals surface area contributed by atoms with Crippen LogP contribution in [0.3, 0.4) is 0 Å². The van der Waals surface area contributed by atoms with Crippen LogP contribution in [0.2, 0.25) is 4.82 Å². The number of hydrogen-bond donors (Lipinski definition) is 0. The fourth-order valence-electron chi connectivity index (χ4n) is 2.98. The summed E-state index contributed by atoms with van der Waals surface area (Å²) in [7, 11) is 1.30. The maximum absolute atomic E-state index is 13.4. The van der Waals surface area contributed by atoms with Gasteiger partial charge >= 0.3 is 191 Å². The van der Waals surface area contributed by atoms with Crippen molar-refractivity contribution in [3.8, 4) is 0 Å². The number of carbonyl (C=O) groups excluding carboxylic acids is 2. The topological polar surface area (TPSA) is 61.8 Å². The van der Waals surface area contributed by atoms with Crippen LogP contribution in [0.5, 0.6) is 0 Å². The number of benzene rings is 2. The first kappa shape index (κ1) is 24.7. The molecule has 166 valence electrons. The summed E-state index contributed by atoms with van der Waals surface area (Å²) in [6.45, 7) is 7.60.